The molecule has 1 aliphatic rings. The highest BCUT2D eigenvalue weighted by Gasteiger charge is 2.26. The van der Waals surface area contributed by atoms with Crippen LogP contribution in [0.5, 0.6) is 5.75 Å². The van der Waals surface area contributed by atoms with Crippen molar-refractivity contribution in [2.24, 2.45) is 0 Å². The van der Waals surface area contributed by atoms with Gasteiger partial charge >= 0.3 is 0 Å². The van der Waals surface area contributed by atoms with Crippen LogP contribution >= 0.6 is 0 Å². The number of amides is 1. The summed E-state index contributed by atoms with van der Waals surface area (Å²) < 4.78 is 32.0. The van der Waals surface area contributed by atoms with E-state index in [2.05, 4.69) is 5.32 Å². The van der Waals surface area contributed by atoms with Crippen LogP contribution in [0.15, 0.2) is 60.0 Å². The van der Waals surface area contributed by atoms with Gasteiger partial charge in [-0.2, -0.15) is 4.31 Å². The summed E-state index contributed by atoms with van der Waals surface area (Å²) in [4.78, 5) is 14.5. The van der Waals surface area contributed by atoms with Crippen LogP contribution in [0.1, 0.15) is 24.1 Å². The molecule has 0 radical (unpaired) electrons. The van der Waals surface area contributed by atoms with Crippen molar-refractivity contribution in [1.29, 1.82) is 0 Å². The zero-order chi connectivity index (χ0) is 22.3. The Kier molecular flexibility index (Phi) is 7.84. The average molecular weight is 444 g/mol. The molecule has 2 aromatic rings. The molecule has 1 atom stereocenters. The quantitative estimate of drug-likeness (QED) is 0.678. The minimum Gasteiger partial charge on any atom is -0.496 e. The number of hydrogen-bond donors (Lipinski definition) is 1. The molecule has 8 heteroatoms. The molecular formula is C23H29N3O4S. The maximum Gasteiger partial charge on any atom is 0.236 e. The second-order valence-corrected chi connectivity index (χ2v) is 9.28. The van der Waals surface area contributed by atoms with Crippen LogP contribution in [-0.4, -0.2) is 63.4 Å². The van der Waals surface area contributed by atoms with Gasteiger partial charge in [0.05, 0.1) is 19.7 Å². The van der Waals surface area contributed by atoms with E-state index in [9.17, 15) is 13.2 Å². The molecule has 3 rings (SSSR count). The van der Waals surface area contributed by atoms with Crippen molar-refractivity contribution in [3.63, 3.8) is 0 Å². The molecule has 1 aliphatic heterocycles. The van der Waals surface area contributed by atoms with E-state index in [1.54, 1.807) is 13.2 Å². The van der Waals surface area contributed by atoms with E-state index >= 15 is 0 Å². The smallest absolute Gasteiger partial charge is 0.236 e. The van der Waals surface area contributed by atoms with E-state index in [1.807, 2.05) is 66.4 Å². The summed E-state index contributed by atoms with van der Waals surface area (Å²) in [7, 11) is -1.88. The van der Waals surface area contributed by atoms with Gasteiger partial charge < -0.3 is 10.1 Å². The van der Waals surface area contributed by atoms with Crippen LogP contribution in [0.2, 0.25) is 0 Å². The predicted octanol–water partition coefficient (Wildman–Crippen LogP) is 2.49. The average Bonchev–Trinajstić information content (AvgIpc) is 2.78. The lowest BCUT2D eigenvalue weighted by Crippen LogP contribution is -2.50. The highest BCUT2D eigenvalue weighted by Crippen LogP contribution is 2.24. The molecule has 1 fully saturated rings. The Morgan fingerprint density at radius 1 is 1.06 bits per heavy atom. The van der Waals surface area contributed by atoms with Crippen molar-refractivity contribution in [2.45, 2.75) is 13.0 Å². The number of nitrogens with one attached hydrogen (secondary N) is 1. The number of piperazine rings is 1. The van der Waals surface area contributed by atoms with E-state index < -0.39 is 10.0 Å². The monoisotopic (exact) mass is 443 g/mol. The molecule has 1 saturated heterocycles. The number of sulfonamides is 1. The fourth-order valence-corrected chi connectivity index (χ4v) is 4.72. The third kappa shape index (κ3) is 6.40. The van der Waals surface area contributed by atoms with Crippen LogP contribution < -0.4 is 10.1 Å². The van der Waals surface area contributed by atoms with Gasteiger partial charge in [0.25, 0.3) is 0 Å². The second-order valence-electron chi connectivity index (χ2n) is 7.46. The molecule has 0 spiro atoms. The van der Waals surface area contributed by atoms with Crippen molar-refractivity contribution in [1.82, 2.24) is 14.5 Å². The van der Waals surface area contributed by atoms with Gasteiger partial charge in [0.2, 0.25) is 15.9 Å². The zero-order valence-electron chi connectivity index (χ0n) is 17.9. The number of benzene rings is 2. The van der Waals surface area contributed by atoms with Gasteiger partial charge in [-0.1, -0.05) is 48.5 Å². The van der Waals surface area contributed by atoms with Crippen LogP contribution in [0.25, 0.3) is 6.08 Å². The number of nitrogens with zero attached hydrogens (tertiary/aromatic N) is 2. The number of ether oxygens (including phenoxy) is 1. The topological polar surface area (TPSA) is 79.0 Å². The van der Waals surface area contributed by atoms with Crippen LogP contribution in [0.3, 0.4) is 0 Å². The molecule has 0 bridgehead atoms. The lowest BCUT2D eigenvalue weighted by atomic mass is 10.1. The summed E-state index contributed by atoms with van der Waals surface area (Å²) in [5, 5.41) is 4.24. The van der Waals surface area contributed by atoms with E-state index in [4.69, 9.17) is 4.74 Å². The Morgan fingerprint density at radius 3 is 2.39 bits per heavy atom. The Hall–Kier alpha value is -2.68. The fraction of sp³-hybridized carbons (Fsp3) is 0.348. The molecule has 1 heterocycles. The molecule has 7 nitrogen and oxygen atoms in total. The second kappa shape index (κ2) is 10.6. The highest BCUT2D eigenvalue weighted by molar-refractivity contribution is 7.92. The van der Waals surface area contributed by atoms with Crippen LogP contribution in [-0.2, 0) is 14.8 Å². The molecule has 0 aliphatic carbocycles. The number of carbonyl (C=O) groups excluding carboxylic acids is 1. The molecule has 1 N–H and O–H groups in total. The van der Waals surface area contributed by atoms with Gasteiger partial charge in [0.15, 0.2) is 0 Å². The van der Waals surface area contributed by atoms with E-state index in [0.717, 1.165) is 16.9 Å². The van der Waals surface area contributed by atoms with Crippen molar-refractivity contribution >= 4 is 22.0 Å². The summed E-state index contributed by atoms with van der Waals surface area (Å²) in [5.41, 5.74) is 1.75. The number of carbonyl (C=O) groups is 1. The summed E-state index contributed by atoms with van der Waals surface area (Å²) in [5.74, 6) is 0.636. The standard InChI is InChI=1S/C23H29N3O4S/c1-19(21-10-6-7-11-22(21)30-2)24-23(27)18-25-13-15-26(16-14-25)31(28,29)17-12-20-8-4-3-5-9-20/h3-12,17,19H,13-16,18H2,1-2H3,(H,24,27). The normalized spacial score (nSPS) is 16.8. The largest absolute Gasteiger partial charge is 0.496 e. The number of para-hydroxylation sites is 1. The van der Waals surface area contributed by atoms with Crippen molar-refractivity contribution in [3.8, 4) is 5.75 Å². The first-order chi connectivity index (χ1) is 14.9. The summed E-state index contributed by atoms with van der Waals surface area (Å²) in [6, 6.07) is 16.7. The zero-order valence-corrected chi connectivity index (χ0v) is 18.7. The molecule has 1 unspecified atom stereocenters. The molecule has 166 valence electrons. The van der Waals surface area contributed by atoms with E-state index in [-0.39, 0.29) is 18.5 Å². The summed E-state index contributed by atoms with van der Waals surface area (Å²) in [6.07, 6.45) is 1.61. The first-order valence-electron chi connectivity index (χ1n) is 10.3. The van der Waals surface area contributed by atoms with Crippen molar-refractivity contribution in [2.75, 3.05) is 39.8 Å². The van der Waals surface area contributed by atoms with Gasteiger partial charge in [-0.05, 0) is 24.6 Å². The number of hydrogen-bond acceptors (Lipinski definition) is 5. The molecule has 0 aromatic heterocycles. The van der Waals surface area contributed by atoms with Gasteiger partial charge in [-0.15, -0.1) is 0 Å². The maximum absolute atomic E-state index is 12.6. The third-order valence-corrected chi connectivity index (χ3v) is 6.84. The lowest BCUT2D eigenvalue weighted by molar-refractivity contribution is -0.123. The summed E-state index contributed by atoms with van der Waals surface area (Å²) in [6.45, 7) is 3.88. The number of methoxy groups -OCH3 is 1. The number of rotatable bonds is 8. The summed E-state index contributed by atoms with van der Waals surface area (Å²) >= 11 is 0. The van der Waals surface area contributed by atoms with Crippen molar-refractivity contribution in [3.05, 3.63) is 71.1 Å². The highest BCUT2D eigenvalue weighted by atomic mass is 32.2. The first-order valence-corrected chi connectivity index (χ1v) is 11.8. The molecule has 0 saturated carbocycles. The molecule has 1 amide bonds. The van der Waals surface area contributed by atoms with Crippen molar-refractivity contribution < 1.29 is 17.9 Å². The lowest BCUT2D eigenvalue weighted by Gasteiger charge is -2.33. The molecule has 31 heavy (non-hydrogen) atoms. The Morgan fingerprint density at radius 2 is 1.71 bits per heavy atom. The first kappa shape index (κ1) is 23.0. The minimum atomic E-state index is -3.48. The van der Waals surface area contributed by atoms with E-state index in [0.29, 0.717) is 26.2 Å². The van der Waals surface area contributed by atoms with E-state index in [1.165, 1.54) is 9.71 Å². The maximum atomic E-state index is 12.6. The molecular weight excluding hydrogens is 414 g/mol. The van der Waals surface area contributed by atoms with Gasteiger partial charge in [0.1, 0.15) is 5.75 Å². The third-order valence-electron chi connectivity index (χ3n) is 5.27. The SMILES string of the molecule is COc1ccccc1C(C)NC(=O)CN1CCN(S(=O)(=O)C=Cc2ccccc2)CC1. The fourth-order valence-electron chi connectivity index (χ4n) is 3.55. The molecule has 2 aromatic carbocycles. The Bertz CT molecular complexity index is 1000. The Labute approximate surface area is 184 Å². The van der Waals surface area contributed by atoms with Gasteiger partial charge in [-0.25, -0.2) is 8.42 Å². The predicted molar refractivity (Wildman–Crippen MR) is 122 cm³/mol. The van der Waals surface area contributed by atoms with Gasteiger partial charge in [-0.3, -0.25) is 9.69 Å². The van der Waals surface area contributed by atoms with Crippen LogP contribution in [0.4, 0.5) is 0 Å². The Balaban J connectivity index is 1.49. The minimum absolute atomic E-state index is 0.0984. The van der Waals surface area contributed by atoms with Gasteiger partial charge in [0, 0.05) is 37.2 Å². The van der Waals surface area contributed by atoms with Crippen LogP contribution in [0, 0.1) is 0 Å².